The molecule has 6 nitrogen and oxygen atoms in total. The average Bonchev–Trinajstić information content (AvgIpc) is 3.14. The first kappa shape index (κ1) is 18.7. The summed E-state index contributed by atoms with van der Waals surface area (Å²) in [6, 6.07) is 19.2. The molecule has 2 aromatic carbocycles. The van der Waals surface area contributed by atoms with Crippen molar-refractivity contribution in [3.05, 3.63) is 77.5 Å². The van der Waals surface area contributed by atoms with Crippen molar-refractivity contribution in [3.63, 3.8) is 0 Å². The minimum Gasteiger partial charge on any atom is -0.496 e. The number of hydrogen-bond acceptors (Lipinski definition) is 5. The number of amides is 1. The van der Waals surface area contributed by atoms with Crippen LogP contribution in [-0.2, 0) is 6.54 Å². The van der Waals surface area contributed by atoms with E-state index in [9.17, 15) is 4.79 Å². The molecule has 0 saturated carbocycles. The van der Waals surface area contributed by atoms with Gasteiger partial charge in [-0.3, -0.25) is 4.79 Å². The predicted molar refractivity (Wildman–Crippen MR) is 111 cm³/mol. The zero-order valence-electron chi connectivity index (χ0n) is 16.5. The lowest BCUT2D eigenvalue weighted by molar-refractivity contribution is 0.0786. The number of para-hydroxylation sites is 1. The molecule has 0 spiro atoms. The van der Waals surface area contributed by atoms with Gasteiger partial charge >= 0.3 is 0 Å². The maximum Gasteiger partial charge on any atom is 0.259 e. The van der Waals surface area contributed by atoms with Crippen LogP contribution in [0.2, 0.25) is 0 Å². The number of aryl methyl sites for hydroxylation is 1. The number of carbonyl (C=O) groups excluding carboxylic acids is 1. The second kappa shape index (κ2) is 7.75. The standard InChI is InChI=1S/C23H21N3O3/c1-15-21-18(23(27)26(2)14-17-11-7-8-12-20(17)28-3)13-19(24-22(21)29-25-15)16-9-5-4-6-10-16/h4-13H,14H2,1-3H3. The number of hydrogen-bond donors (Lipinski definition) is 0. The third-order valence-corrected chi connectivity index (χ3v) is 4.86. The van der Waals surface area contributed by atoms with Crippen molar-refractivity contribution in [2.24, 2.45) is 0 Å². The van der Waals surface area contributed by atoms with E-state index in [0.717, 1.165) is 16.9 Å². The molecule has 6 heteroatoms. The smallest absolute Gasteiger partial charge is 0.259 e. The van der Waals surface area contributed by atoms with Crippen molar-refractivity contribution >= 4 is 17.0 Å². The Balaban J connectivity index is 1.75. The van der Waals surface area contributed by atoms with Crippen molar-refractivity contribution in [1.29, 1.82) is 0 Å². The first-order chi connectivity index (χ1) is 14.1. The lowest BCUT2D eigenvalue weighted by atomic mass is 10.0. The van der Waals surface area contributed by atoms with E-state index in [2.05, 4.69) is 10.1 Å². The molecule has 29 heavy (non-hydrogen) atoms. The van der Waals surface area contributed by atoms with Gasteiger partial charge in [0.1, 0.15) is 5.75 Å². The first-order valence-corrected chi connectivity index (χ1v) is 9.28. The number of aromatic nitrogens is 2. The number of rotatable bonds is 5. The summed E-state index contributed by atoms with van der Waals surface area (Å²) in [6.45, 7) is 2.23. The largest absolute Gasteiger partial charge is 0.496 e. The van der Waals surface area contributed by atoms with Crippen LogP contribution in [0.3, 0.4) is 0 Å². The molecular weight excluding hydrogens is 366 g/mol. The van der Waals surface area contributed by atoms with E-state index < -0.39 is 0 Å². The highest BCUT2D eigenvalue weighted by Crippen LogP contribution is 2.28. The number of pyridine rings is 1. The Morgan fingerprint density at radius 2 is 1.83 bits per heavy atom. The third-order valence-electron chi connectivity index (χ3n) is 4.86. The zero-order chi connectivity index (χ0) is 20.4. The molecule has 4 rings (SSSR count). The van der Waals surface area contributed by atoms with Gasteiger partial charge < -0.3 is 14.2 Å². The van der Waals surface area contributed by atoms with Crippen LogP contribution in [0.4, 0.5) is 0 Å². The maximum absolute atomic E-state index is 13.4. The molecule has 0 bridgehead atoms. The Hall–Kier alpha value is -3.67. The summed E-state index contributed by atoms with van der Waals surface area (Å²) >= 11 is 0. The summed E-state index contributed by atoms with van der Waals surface area (Å²) in [5.41, 5.74) is 4.03. The van der Waals surface area contributed by atoms with Gasteiger partial charge in [-0.25, -0.2) is 4.98 Å². The minimum absolute atomic E-state index is 0.133. The van der Waals surface area contributed by atoms with Crippen LogP contribution in [0.25, 0.3) is 22.4 Å². The molecule has 0 radical (unpaired) electrons. The van der Waals surface area contributed by atoms with E-state index in [4.69, 9.17) is 9.26 Å². The van der Waals surface area contributed by atoms with E-state index in [1.807, 2.05) is 67.6 Å². The number of benzene rings is 2. The molecule has 0 aliphatic carbocycles. The fourth-order valence-electron chi connectivity index (χ4n) is 3.39. The van der Waals surface area contributed by atoms with Gasteiger partial charge in [0.15, 0.2) is 0 Å². The normalized spacial score (nSPS) is 10.9. The van der Waals surface area contributed by atoms with Crippen molar-refractivity contribution in [2.45, 2.75) is 13.5 Å². The Bertz CT molecular complexity index is 1170. The second-order valence-electron chi connectivity index (χ2n) is 6.84. The second-order valence-corrected chi connectivity index (χ2v) is 6.84. The number of carbonyl (C=O) groups is 1. The van der Waals surface area contributed by atoms with Gasteiger partial charge in [-0.2, -0.15) is 0 Å². The van der Waals surface area contributed by atoms with Crippen LogP contribution in [0, 0.1) is 6.92 Å². The van der Waals surface area contributed by atoms with Crippen LogP contribution in [0.1, 0.15) is 21.6 Å². The van der Waals surface area contributed by atoms with Crippen LogP contribution >= 0.6 is 0 Å². The molecular formula is C23H21N3O3. The molecule has 0 aliphatic rings. The lowest BCUT2D eigenvalue weighted by Gasteiger charge is -2.19. The number of methoxy groups -OCH3 is 1. The molecule has 0 atom stereocenters. The van der Waals surface area contributed by atoms with Crippen LogP contribution < -0.4 is 4.74 Å². The highest BCUT2D eigenvalue weighted by Gasteiger charge is 2.22. The van der Waals surface area contributed by atoms with E-state index in [1.165, 1.54) is 0 Å². The van der Waals surface area contributed by atoms with E-state index in [-0.39, 0.29) is 5.91 Å². The first-order valence-electron chi connectivity index (χ1n) is 9.28. The highest BCUT2D eigenvalue weighted by atomic mass is 16.5. The Kier molecular flexibility index (Phi) is 4.99. The van der Waals surface area contributed by atoms with E-state index in [0.29, 0.717) is 34.6 Å². The van der Waals surface area contributed by atoms with Gasteiger partial charge in [0.25, 0.3) is 11.6 Å². The Morgan fingerprint density at radius 1 is 1.10 bits per heavy atom. The number of nitrogens with zero attached hydrogens (tertiary/aromatic N) is 3. The Morgan fingerprint density at radius 3 is 2.59 bits per heavy atom. The molecule has 1 amide bonds. The monoisotopic (exact) mass is 387 g/mol. The average molecular weight is 387 g/mol. The summed E-state index contributed by atoms with van der Waals surface area (Å²) in [7, 11) is 3.39. The molecule has 0 aliphatic heterocycles. The predicted octanol–water partition coefficient (Wildman–Crippen LogP) is 4.48. The summed E-state index contributed by atoms with van der Waals surface area (Å²) in [4.78, 5) is 19.6. The molecule has 0 fully saturated rings. The molecule has 0 saturated heterocycles. The van der Waals surface area contributed by atoms with E-state index in [1.54, 1.807) is 19.1 Å². The van der Waals surface area contributed by atoms with Crippen molar-refractivity contribution in [1.82, 2.24) is 15.0 Å². The molecule has 146 valence electrons. The van der Waals surface area contributed by atoms with Crippen LogP contribution in [0.5, 0.6) is 5.75 Å². The zero-order valence-corrected chi connectivity index (χ0v) is 16.5. The maximum atomic E-state index is 13.4. The summed E-state index contributed by atoms with van der Waals surface area (Å²) in [6.07, 6.45) is 0. The van der Waals surface area contributed by atoms with Gasteiger partial charge in [0, 0.05) is 24.7 Å². The quantitative estimate of drug-likeness (QED) is 0.505. The number of fused-ring (bicyclic) bond motifs is 1. The van der Waals surface area contributed by atoms with Crippen LogP contribution in [0.15, 0.2) is 65.2 Å². The highest BCUT2D eigenvalue weighted by molar-refractivity contribution is 6.06. The third kappa shape index (κ3) is 3.57. The van der Waals surface area contributed by atoms with Gasteiger partial charge in [0.05, 0.1) is 29.4 Å². The van der Waals surface area contributed by atoms with E-state index >= 15 is 0 Å². The van der Waals surface area contributed by atoms with Gasteiger partial charge in [-0.15, -0.1) is 0 Å². The van der Waals surface area contributed by atoms with Gasteiger partial charge in [0.2, 0.25) is 0 Å². The van der Waals surface area contributed by atoms with Crippen molar-refractivity contribution in [2.75, 3.05) is 14.2 Å². The molecule has 4 aromatic rings. The topological polar surface area (TPSA) is 68.5 Å². The van der Waals surface area contributed by atoms with Crippen LogP contribution in [-0.4, -0.2) is 35.1 Å². The fraction of sp³-hybridized carbons (Fsp3) is 0.174. The Labute approximate surface area is 168 Å². The SMILES string of the molecule is COc1ccccc1CN(C)C(=O)c1cc(-c2ccccc2)nc2onc(C)c12. The molecule has 0 N–H and O–H groups in total. The minimum atomic E-state index is -0.133. The fourth-order valence-corrected chi connectivity index (χ4v) is 3.39. The molecule has 0 unspecified atom stereocenters. The summed E-state index contributed by atoms with van der Waals surface area (Å²) < 4.78 is 10.8. The van der Waals surface area contributed by atoms with Crippen molar-refractivity contribution in [3.8, 4) is 17.0 Å². The summed E-state index contributed by atoms with van der Waals surface area (Å²) in [5.74, 6) is 0.616. The molecule has 2 heterocycles. The molecule has 2 aromatic heterocycles. The lowest BCUT2D eigenvalue weighted by Crippen LogP contribution is -2.26. The van der Waals surface area contributed by atoms with Gasteiger partial charge in [-0.1, -0.05) is 53.7 Å². The van der Waals surface area contributed by atoms with Crippen molar-refractivity contribution < 1.29 is 14.1 Å². The summed E-state index contributed by atoms with van der Waals surface area (Å²) in [5, 5.41) is 4.66. The van der Waals surface area contributed by atoms with Gasteiger partial charge in [-0.05, 0) is 19.1 Å². The number of ether oxygens (including phenoxy) is 1.